The Kier molecular flexibility index (Phi) is 7.37. The van der Waals surface area contributed by atoms with Crippen LogP contribution in [0, 0.1) is 0 Å². The molecule has 0 heterocycles. The van der Waals surface area contributed by atoms with Crippen molar-refractivity contribution < 1.29 is 14.4 Å². The minimum atomic E-state index is -0.524. The molecule has 2 N–H and O–H groups in total. The van der Waals surface area contributed by atoms with Crippen LogP contribution in [-0.4, -0.2) is 42.0 Å². The summed E-state index contributed by atoms with van der Waals surface area (Å²) in [5, 5.41) is 0. The van der Waals surface area contributed by atoms with Gasteiger partial charge in [-0.25, -0.2) is 0 Å². The number of nitrogens with zero attached hydrogens (tertiary/aromatic N) is 1. The van der Waals surface area contributed by atoms with Gasteiger partial charge in [-0.2, -0.15) is 0 Å². The lowest BCUT2D eigenvalue weighted by atomic mass is 10.1. The Labute approximate surface area is 96.0 Å². The van der Waals surface area contributed by atoms with E-state index in [0.717, 1.165) is 12.7 Å². The van der Waals surface area contributed by atoms with Crippen molar-refractivity contribution in [3.05, 3.63) is 0 Å². The summed E-state index contributed by atoms with van der Waals surface area (Å²) in [5.74, 6) is -0.492. The molecule has 0 aromatic heterocycles. The highest BCUT2D eigenvalue weighted by molar-refractivity contribution is 5.82. The number of hydrogen-bond acceptors (Lipinski definition) is 4. The van der Waals surface area contributed by atoms with E-state index in [1.165, 1.54) is 4.90 Å². The zero-order valence-corrected chi connectivity index (χ0v) is 9.94. The molecule has 0 aliphatic rings. The molecule has 5 heteroatoms. The maximum atomic E-state index is 11.5. The van der Waals surface area contributed by atoms with Crippen LogP contribution in [-0.2, 0) is 14.4 Å². The highest BCUT2D eigenvalue weighted by atomic mass is 16.1. The lowest BCUT2D eigenvalue weighted by molar-refractivity contribution is -0.124. The van der Waals surface area contributed by atoms with Crippen LogP contribution in [0.3, 0.4) is 0 Å². The SMILES string of the molecule is CCCC(=O)CN(CC(N)=O)C(C=O)CC. The summed E-state index contributed by atoms with van der Waals surface area (Å²) in [4.78, 5) is 34.6. The Morgan fingerprint density at radius 2 is 1.94 bits per heavy atom. The summed E-state index contributed by atoms with van der Waals surface area (Å²) in [5.41, 5.74) is 5.08. The summed E-state index contributed by atoms with van der Waals surface area (Å²) in [7, 11) is 0. The molecular formula is C11H20N2O3. The molecule has 1 atom stereocenters. The van der Waals surface area contributed by atoms with Crippen molar-refractivity contribution in [2.45, 2.75) is 39.2 Å². The Bertz CT molecular complexity index is 254. The van der Waals surface area contributed by atoms with E-state index >= 15 is 0 Å². The quantitative estimate of drug-likeness (QED) is 0.568. The largest absolute Gasteiger partial charge is 0.369 e. The zero-order valence-electron chi connectivity index (χ0n) is 9.94. The van der Waals surface area contributed by atoms with Crippen LogP contribution in [0.25, 0.3) is 0 Å². The standard InChI is InChI=1S/C11H20N2O3/c1-3-5-10(15)6-13(7-11(12)16)9(4-2)8-14/h8-9H,3-7H2,1-2H3,(H2,12,16). The van der Waals surface area contributed by atoms with Crippen LogP contribution in [0.1, 0.15) is 33.1 Å². The Morgan fingerprint density at radius 3 is 2.31 bits per heavy atom. The van der Waals surface area contributed by atoms with Gasteiger partial charge < -0.3 is 10.5 Å². The van der Waals surface area contributed by atoms with Gasteiger partial charge >= 0.3 is 0 Å². The maximum absolute atomic E-state index is 11.5. The van der Waals surface area contributed by atoms with Crippen LogP contribution in [0.2, 0.25) is 0 Å². The van der Waals surface area contributed by atoms with Gasteiger partial charge in [-0.3, -0.25) is 14.5 Å². The molecule has 1 amide bonds. The number of aldehydes is 1. The molecule has 0 saturated heterocycles. The highest BCUT2D eigenvalue weighted by Gasteiger charge is 2.20. The second-order valence-corrected chi connectivity index (χ2v) is 3.77. The van der Waals surface area contributed by atoms with Crippen molar-refractivity contribution in [1.82, 2.24) is 4.90 Å². The molecule has 0 spiro atoms. The molecule has 0 saturated carbocycles. The van der Waals surface area contributed by atoms with E-state index in [1.54, 1.807) is 0 Å². The summed E-state index contributed by atoms with van der Waals surface area (Å²) in [6, 6.07) is -0.409. The number of hydrogen-bond donors (Lipinski definition) is 1. The fourth-order valence-electron chi connectivity index (χ4n) is 1.52. The molecule has 0 fully saturated rings. The number of ketones is 1. The summed E-state index contributed by atoms with van der Waals surface area (Å²) in [6.07, 6.45) is 2.55. The first-order valence-electron chi connectivity index (χ1n) is 5.54. The fraction of sp³-hybridized carbons (Fsp3) is 0.727. The van der Waals surface area contributed by atoms with E-state index in [-0.39, 0.29) is 18.9 Å². The second kappa shape index (κ2) is 7.98. The number of rotatable bonds is 9. The minimum absolute atomic E-state index is 0.0315. The van der Waals surface area contributed by atoms with Crippen LogP contribution in [0.4, 0.5) is 0 Å². The topological polar surface area (TPSA) is 80.5 Å². The molecule has 0 aliphatic heterocycles. The molecule has 0 aromatic carbocycles. The van der Waals surface area contributed by atoms with E-state index in [1.807, 2.05) is 13.8 Å². The molecule has 92 valence electrons. The third kappa shape index (κ3) is 5.60. The van der Waals surface area contributed by atoms with E-state index in [2.05, 4.69) is 0 Å². The second-order valence-electron chi connectivity index (χ2n) is 3.77. The van der Waals surface area contributed by atoms with Crippen molar-refractivity contribution in [2.24, 2.45) is 5.73 Å². The number of carbonyl (C=O) groups excluding carboxylic acids is 3. The van der Waals surface area contributed by atoms with Crippen LogP contribution >= 0.6 is 0 Å². The summed E-state index contributed by atoms with van der Waals surface area (Å²) >= 11 is 0. The van der Waals surface area contributed by atoms with Crippen molar-refractivity contribution >= 4 is 18.0 Å². The van der Waals surface area contributed by atoms with Crippen molar-refractivity contribution in [3.63, 3.8) is 0 Å². The summed E-state index contributed by atoms with van der Waals surface area (Å²) in [6.45, 7) is 3.81. The van der Waals surface area contributed by atoms with Crippen molar-refractivity contribution in [1.29, 1.82) is 0 Å². The Morgan fingerprint density at radius 1 is 1.31 bits per heavy atom. The molecule has 16 heavy (non-hydrogen) atoms. The van der Waals surface area contributed by atoms with E-state index in [9.17, 15) is 14.4 Å². The molecule has 0 rings (SSSR count). The first kappa shape index (κ1) is 14.8. The number of primary amides is 1. The Hall–Kier alpha value is -1.23. The van der Waals surface area contributed by atoms with Crippen molar-refractivity contribution in [3.8, 4) is 0 Å². The molecular weight excluding hydrogens is 208 g/mol. The number of Topliss-reactive ketones (excluding diaryl/α,β-unsaturated/α-hetero) is 1. The third-order valence-corrected chi connectivity index (χ3v) is 2.31. The summed E-state index contributed by atoms with van der Waals surface area (Å²) < 4.78 is 0. The first-order valence-corrected chi connectivity index (χ1v) is 5.54. The van der Waals surface area contributed by atoms with E-state index in [4.69, 9.17) is 5.73 Å². The van der Waals surface area contributed by atoms with Crippen LogP contribution in [0.15, 0.2) is 0 Å². The predicted molar refractivity (Wildman–Crippen MR) is 60.8 cm³/mol. The average molecular weight is 228 g/mol. The zero-order chi connectivity index (χ0) is 12.6. The van der Waals surface area contributed by atoms with E-state index in [0.29, 0.717) is 12.8 Å². The maximum Gasteiger partial charge on any atom is 0.231 e. The molecule has 1 unspecified atom stereocenters. The lowest BCUT2D eigenvalue weighted by Gasteiger charge is -2.24. The smallest absolute Gasteiger partial charge is 0.231 e. The van der Waals surface area contributed by atoms with Gasteiger partial charge in [0.2, 0.25) is 5.91 Å². The molecule has 0 aromatic rings. The van der Waals surface area contributed by atoms with Gasteiger partial charge in [0.1, 0.15) is 12.1 Å². The fourth-order valence-corrected chi connectivity index (χ4v) is 1.52. The Balaban J connectivity index is 4.46. The van der Waals surface area contributed by atoms with Crippen LogP contribution in [0.5, 0.6) is 0 Å². The van der Waals surface area contributed by atoms with Gasteiger partial charge in [0, 0.05) is 6.42 Å². The van der Waals surface area contributed by atoms with Gasteiger partial charge in [-0.05, 0) is 12.8 Å². The number of nitrogens with two attached hydrogens (primary N) is 1. The average Bonchev–Trinajstić information content (AvgIpc) is 2.18. The van der Waals surface area contributed by atoms with Crippen molar-refractivity contribution in [2.75, 3.05) is 13.1 Å². The van der Waals surface area contributed by atoms with Gasteiger partial charge in [0.05, 0.1) is 19.1 Å². The highest BCUT2D eigenvalue weighted by Crippen LogP contribution is 2.03. The first-order chi connectivity index (χ1) is 7.54. The monoisotopic (exact) mass is 228 g/mol. The molecule has 0 aliphatic carbocycles. The minimum Gasteiger partial charge on any atom is -0.369 e. The normalized spacial score (nSPS) is 12.4. The molecule has 0 radical (unpaired) electrons. The van der Waals surface area contributed by atoms with Gasteiger partial charge in [-0.15, -0.1) is 0 Å². The number of carbonyl (C=O) groups is 3. The molecule has 5 nitrogen and oxygen atoms in total. The van der Waals surface area contributed by atoms with Gasteiger partial charge in [-0.1, -0.05) is 13.8 Å². The van der Waals surface area contributed by atoms with Gasteiger partial charge in [0.25, 0.3) is 0 Å². The lowest BCUT2D eigenvalue weighted by Crippen LogP contribution is -2.44. The van der Waals surface area contributed by atoms with Crippen LogP contribution < -0.4 is 5.73 Å². The third-order valence-electron chi connectivity index (χ3n) is 2.31. The van der Waals surface area contributed by atoms with Gasteiger partial charge in [0.15, 0.2) is 0 Å². The predicted octanol–water partition coefficient (Wildman–Crippen LogP) is 0.120. The number of amides is 1. The molecule has 0 bridgehead atoms. The van der Waals surface area contributed by atoms with E-state index < -0.39 is 11.9 Å².